The van der Waals surface area contributed by atoms with Crippen molar-refractivity contribution in [1.29, 1.82) is 0 Å². The summed E-state index contributed by atoms with van der Waals surface area (Å²) >= 11 is 3.18. The third-order valence-corrected chi connectivity index (χ3v) is 2.73. The standard InChI is InChI=1S/C10H12BrNO3/c1-12-8(10(14)15)5-6-2-3-9(13)7(11)4-6/h2-4,8,12-13H,5H2,1H3,(H,14,15)/t8-/m0/s1. The fraction of sp³-hybridized carbons (Fsp3) is 0.300. The number of aromatic hydroxyl groups is 1. The van der Waals surface area contributed by atoms with Gasteiger partial charge in [-0.15, -0.1) is 0 Å². The van der Waals surface area contributed by atoms with E-state index >= 15 is 0 Å². The Morgan fingerprint density at radius 1 is 1.60 bits per heavy atom. The van der Waals surface area contributed by atoms with E-state index in [4.69, 9.17) is 5.11 Å². The predicted molar refractivity (Wildman–Crippen MR) is 60.0 cm³/mol. The van der Waals surface area contributed by atoms with E-state index in [1.165, 1.54) is 6.07 Å². The van der Waals surface area contributed by atoms with E-state index in [1.54, 1.807) is 19.2 Å². The molecule has 0 radical (unpaired) electrons. The molecule has 0 bridgehead atoms. The molecule has 1 aromatic rings. The zero-order valence-electron chi connectivity index (χ0n) is 8.20. The molecule has 0 unspecified atom stereocenters. The van der Waals surface area contributed by atoms with Crippen molar-refractivity contribution >= 4 is 21.9 Å². The maximum Gasteiger partial charge on any atom is 0.321 e. The number of phenolic OH excluding ortho intramolecular Hbond substituents is 1. The summed E-state index contributed by atoms with van der Waals surface area (Å²) in [6.45, 7) is 0. The number of aliphatic carboxylic acids is 1. The molecule has 15 heavy (non-hydrogen) atoms. The van der Waals surface area contributed by atoms with Gasteiger partial charge in [-0.1, -0.05) is 6.07 Å². The van der Waals surface area contributed by atoms with E-state index in [1.807, 2.05) is 0 Å². The lowest BCUT2D eigenvalue weighted by atomic mass is 10.1. The Morgan fingerprint density at radius 2 is 2.27 bits per heavy atom. The Morgan fingerprint density at radius 3 is 2.73 bits per heavy atom. The molecule has 4 nitrogen and oxygen atoms in total. The molecule has 0 saturated heterocycles. The second kappa shape index (κ2) is 5.14. The van der Waals surface area contributed by atoms with Crippen LogP contribution >= 0.6 is 15.9 Å². The van der Waals surface area contributed by atoms with Gasteiger partial charge in [0.05, 0.1) is 4.47 Å². The Hall–Kier alpha value is -1.07. The van der Waals surface area contributed by atoms with Gasteiger partial charge in [0.1, 0.15) is 11.8 Å². The molecule has 1 rings (SSSR count). The third-order valence-electron chi connectivity index (χ3n) is 2.10. The van der Waals surface area contributed by atoms with Gasteiger partial charge < -0.3 is 15.5 Å². The first-order valence-electron chi connectivity index (χ1n) is 4.42. The SMILES string of the molecule is CN[C@@H](Cc1ccc(O)c(Br)c1)C(=O)O. The lowest BCUT2D eigenvalue weighted by Gasteiger charge is -2.11. The lowest BCUT2D eigenvalue weighted by Crippen LogP contribution is -2.35. The second-order valence-corrected chi connectivity index (χ2v) is 4.02. The van der Waals surface area contributed by atoms with Crippen LogP contribution in [0.25, 0.3) is 0 Å². The predicted octanol–water partition coefficient (Wildman–Crippen LogP) is 1.37. The summed E-state index contributed by atoms with van der Waals surface area (Å²) in [5, 5.41) is 20.8. The summed E-state index contributed by atoms with van der Waals surface area (Å²) in [5.74, 6) is -0.739. The van der Waals surface area contributed by atoms with Gasteiger partial charge in [0.15, 0.2) is 0 Å². The second-order valence-electron chi connectivity index (χ2n) is 3.17. The van der Waals surface area contributed by atoms with Crippen LogP contribution in [-0.4, -0.2) is 29.3 Å². The van der Waals surface area contributed by atoms with Crippen LogP contribution in [0.1, 0.15) is 5.56 Å². The van der Waals surface area contributed by atoms with Crippen LogP contribution < -0.4 is 5.32 Å². The summed E-state index contributed by atoms with van der Waals surface area (Å²) < 4.78 is 0.570. The van der Waals surface area contributed by atoms with Gasteiger partial charge in [-0.2, -0.15) is 0 Å². The number of carboxylic acids is 1. The highest BCUT2D eigenvalue weighted by Gasteiger charge is 2.15. The first kappa shape index (κ1) is 12.0. The molecule has 0 saturated carbocycles. The van der Waals surface area contributed by atoms with Crippen molar-refractivity contribution in [3.05, 3.63) is 28.2 Å². The average molecular weight is 274 g/mol. The molecule has 0 aromatic heterocycles. The van der Waals surface area contributed by atoms with Gasteiger partial charge >= 0.3 is 5.97 Å². The molecule has 82 valence electrons. The molecule has 0 heterocycles. The van der Waals surface area contributed by atoms with Gasteiger partial charge in [0.2, 0.25) is 0 Å². The number of hydrogen-bond donors (Lipinski definition) is 3. The van der Waals surface area contributed by atoms with Crippen LogP contribution in [0.3, 0.4) is 0 Å². The zero-order chi connectivity index (χ0) is 11.4. The van der Waals surface area contributed by atoms with Crippen molar-refractivity contribution in [1.82, 2.24) is 5.32 Å². The summed E-state index contributed by atoms with van der Waals surface area (Å²) in [5.41, 5.74) is 0.849. The average Bonchev–Trinajstić information content (AvgIpc) is 2.19. The van der Waals surface area contributed by atoms with Crippen molar-refractivity contribution in [3.8, 4) is 5.75 Å². The lowest BCUT2D eigenvalue weighted by molar-refractivity contribution is -0.139. The van der Waals surface area contributed by atoms with E-state index in [0.29, 0.717) is 10.9 Å². The van der Waals surface area contributed by atoms with E-state index in [2.05, 4.69) is 21.2 Å². The Labute approximate surface area is 96.1 Å². The minimum atomic E-state index is -0.887. The summed E-state index contributed by atoms with van der Waals surface area (Å²) in [6, 6.07) is 4.34. The normalized spacial score (nSPS) is 12.4. The number of rotatable bonds is 4. The number of carbonyl (C=O) groups is 1. The topological polar surface area (TPSA) is 69.6 Å². The Balaban J connectivity index is 2.80. The van der Waals surface area contributed by atoms with Crippen molar-refractivity contribution in [2.24, 2.45) is 0 Å². The maximum atomic E-state index is 10.8. The summed E-state index contributed by atoms with van der Waals surface area (Å²) in [4.78, 5) is 10.8. The molecule has 0 aliphatic rings. The molecular weight excluding hydrogens is 262 g/mol. The van der Waals surface area contributed by atoms with Gasteiger partial charge in [0.25, 0.3) is 0 Å². The quantitative estimate of drug-likeness (QED) is 0.775. The fourth-order valence-corrected chi connectivity index (χ4v) is 1.65. The van der Waals surface area contributed by atoms with Gasteiger partial charge in [-0.05, 0) is 47.1 Å². The summed E-state index contributed by atoms with van der Waals surface area (Å²) in [6.07, 6.45) is 0.380. The molecule has 0 aliphatic carbocycles. The molecule has 3 N–H and O–H groups in total. The number of phenols is 1. The number of halogens is 1. The van der Waals surface area contributed by atoms with Crippen molar-refractivity contribution in [2.75, 3.05) is 7.05 Å². The number of carboxylic acid groups (broad SMARTS) is 1. The van der Waals surface area contributed by atoms with Crippen molar-refractivity contribution < 1.29 is 15.0 Å². The van der Waals surface area contributed by atoms with Gasteiger partial charge in [0, 0.05) is 0 Å². The highest BCUT2D eigenvalue weighted by atomic mass is 79.9. The number of hydrogen-bond acceptors (Lipinski definition) is 3. The minimum absolute atomic E-state index is 0.148. The monoisotopic (exact) mass is 273 g/mol. The van der Waals surface area contributed by atoms with Crippen LogP contribution in [0.2, 0.25) is 0 Å². The molecule has 0 amide bonds. The maximum absolute atomic E-state index is 10.8. The van der Waals surface area contributed by atoms with Crippen LogP contribution in [0.5, 0.6) is 5.75 Å². The molecule has 0 fully saturated rings. The van der Waals surface area contributed by atoms with Crippen LogP contribution in [0.4, 0.5) is 0 Å². The first-order valence-corrected chi connectivity index (χ1v) is 5.21. The molecular formula is C10H12BrNO3. The third kappa shape index (κ3) is 3.21. The van der Waals surface area contributed by atoms with E-state index in [-0.39, 0.29) is 5.75 Å². The molecule has 5 heteroatoms. The first-order chi connectivity index (χ1) is 7.04. The van der Waals surface area contributed by atoms with E-state index in [0.717, 1.165) is 5.56 Å². The molecule has 0 aliphatic heterocycles. The van der Waals surface area contributed by atoms with Crippen LogP contribution in [0.15, 0.2) is 22.7 Å². The van der Waals surface area contributed by atoms with Crippen LogP contribution in [0, 0.1) is 0 Å². The molecule has 0 spiro atoms. The largest absolute Gasteiger partial charge is 0.507 e. The minimum Gasteiger partial charge on any atom is -0.507 e. The number of likely N-dealkylation sites (N-methyl/N-ethyl adjacent to an activating group) is 1. The van der Waals surface area contributed by atoms with Crippen molar-refractivity contribution in [2.45, 2.75) is 12.5 Å². The molecule has 1 atom stereocenters. The highest BCUT2D eigenvalue weighted by molar-refractivity contribution is 9.10. The van der Waals surface area contributed by atoms with Crippen LogP contribution in [-0.2, 0) is 11.2 Å². The number of benzene rings is 1. The van der Waals surface area contributed by atoms with Gasteiger partial charge in [-0.25, -0.2) is 0 Å². The van der Waals surface area contributed by atoms with E-state index in [9.17, 15) is 9.90 Å². The van der Waals surface area contributed by atoms with Crippen molar-refractivity contribution in [3.63, 3.8) is 0 Å². The highest BCUT2D eigenvalue weighted by Crippen LogP contribution is 2.24. The van der Waals surface area contributed by atoms with Gasteiger partial charge in [-0.3, -0.25) is 4.79 Å². The summed E-state index contributed by atoms with van der Waals surface area (Å²) in [7, 11) is 1.61. The zero-order valence-corrected chi connectivity index (χ0v) is 9.78. The Kier molecular flexibility index (Phi) is 4.11. The fourth-order valence-electron chi connectivity index (χ4n) is 1.23. The smallest absolute Gasteiger partial charge is 0.321 e. The molecule has 1 aromatic carbocycles. The Bertz CT molecular complexity index is 368. The van der Waals surface area contributed by atoms with E-state index < -0.39 is 12.0 Å². The number of nitrogens with one attached hydrogen (secondary N) is 1.